The Kier molecular flexibility index (Phi) is 3.77. The van der Waals surface area contributed by atoms with Gasteiger partial charge >= 0.3 is 0 Å². The summed E-state index contributed by atoms with van der Waals surface area (Å²) >= 11 is 0. The van der Waals surface area contributed by atoms with Crippen molar-refractivity contribution >= 4 is 11.0 Å². The van der Waals surface area contributed by atoms with Crippen LogP contribution in [0.1, 0.15) is 64.9 Å². The Balaban J connectivity index is 1.93. The Labute approximate surface area is 131 Å². The lowest BCUT2D eigenvalue weighted by Gasteiger charge is -2.32. The van der Waals surface area contributed by atoms with Crippen molar-refractivity contribution in [3.63, 3.8) is 0 Å². The van der Waals surface area contributed by atoms with Gasteiger partial charge in [-0.25, -0.2) is 8.93 Å². The lowest BCUT2D eigenvalue weighted by atomic mass is 9.81. The van der Waals surface area contributed by atoms with Crippen LogP contribution in [0.5, 0.6) is 0 Å². The molecule has 2 nitrogen and oxygen atoms in total. The molecule has 116 valence electrons. The predicted molar refractivity (Wildman–Crippen MR) is 89.3 cm³/mol. The minimum Gasteiger partial charge on any atom is -0.242 e. The first-order chi connectivity index (χ1) is 9.90. The molecule has 0 radical (unpaired) electrons. The lowest BCUT2D eigenvalue weighted by Crippen LogP contribution is -2.43. The second-order valence-corrected chi connectivity index (χ2v) is 9.74. The smallest absolute Gasteiger partial charge is 0.0978 e. The molecule has 3 rings (SSSR count). The quantitative estimate of drug-likeness (QED) is 0.887. The van der Waals surface area contributed by atoms with Gasteiger partial charge in [-0.15, -0.1) is 0 Å². The zero-order valence-electron chi connectivity index (χ0n) is 13.4. The van der Waals surface area contributed by atoms with Crippen molar-refractivity contribution in [3.05, 3.63) is 35.9 Å². The molecular formula is C18H27NOS. The third-order valence-electron chi connectivity index (χ3n) is 5.28. The monoisotopic (exact) mass is 305 g/mol. The summed E-state index contributed by atoms with van der Waals surface area (Å²) in [6.45, 7) is 6.14. The molecule has 1 N–H and O–H groups in total. The highest BCUT2D eigenvalue weighted by Gasteiger charge is 2.68. The van der Waals surface area contributed by atoms with Gasteiger partial charge in [0.2, 0.25) is 0 Å². The highest BCUT2D eigenvalue weighted by molar-refractivity contribution is 7.84. The van der Waals surface area contributed by atoms with E-state index in [0.717, 1.165) is 6.42 Å². The minimum absolute atomic E-state index is 0.0627. The van der Waals surface area contributed by atoms with Gasteiger partial charge in [0.15, 0.2) is 0 Å². The highest BCUT2D eigenvalue weighted by atomic mass is 32.2. The van der Waals surface area contributed by atoms with Crippen LogP contribution in [-0.4, -0.2) is 8.96 Å². The first kappa shape index (κ1) is 15.2. The van der Waals surface area contributed by atoms with E-state index in [1.807, 2.05) is 20.8 Å². The SMILES string of the molecule is CC(C)(C)S(=O)N[C@]1(c2ccccc2)CC12CCCCC2. The fourth-order valence-corrected chi connectivity index (χ4v) is 4.97. The van der Waals surface area contributed by atoms with Gasteiger partial charge in [-0.3, -0.25) is 0 Å². The summed E-state index contributed by atoms with van der Waals surface area (Å²) in [4.78, 5) is 0. The van der Waals surface area contributed by atoms with Crippen molar-refractivity contribution in [2.75, 3.05) is 0 Å². The molecule has 2 saturated carbocycles. The van der Waals surface area contributed by atoms with Crippen LogP contribution in [0.3, 0.4) is 0 Å². The van der Waals surface area contributed by atoms with E-state index in [0.29, 0.717) is 5.41 Å². The minimum atomic E-state index is -1.02. The average molecular weight is 305 g/mol. The number of hydrogen-bond donors (Lipinski definition) is 1. The van der Waals surface area contributed by atoms with Crippen molar-refractivity contribution in [1.82, 2.24) is 4.72 Å². The van der Waals surface area contributed by atoms with Crippen LogP contribution < -0.4 is 4.72 Å². The molecule has 0 aromatic heterocycles. The zero-order valence-corrected chi connectivity index (χ0v) is 14.3. The molecule has 2 aliphatic carbocycles. The normalized spacial score (nSPS) is 29.3. The molecule has 0 saturated heterocycles. The summed E-state index contributed by atoms with van der Waals surface area (Å²) in [5.41, 5.74) is 1.60. The van der Waals surface area contributed by atoms with Crippen molar-refractivity contribution in [2.24, 2.45) is 5.41 Å². The molecule has 3 heteroatoms. The van der Waals surface area contributed by atoms with E-state index in [1.54, 1.807) is 0 Å². The molecule has 2 aliphatic rings. The van der Waals surface area contributed by atoms with E-state index in [1.165, 1.54) is 37.7 Å². The Hall–Kier alpha value is -0.670. The molecule has 0 aliphatic heterocycles. The second kappa shape index (κ2) is 5.20. The van der Waals surface area contributed by atoms with Gasteiger partial charge < -0.3 is 0 Å². The Morgan fingerprint density at radius 2 is 1.67 bits per heavy atom. The first-order valence-electron chi connectivity index (χ1n) is 8.15. The Morgan fingerprint density at radius 1 is 1.05 bits per heavy atom. The molecule has 2 atom stereocenters. The van der Waals surface area contributed by atoms with Crippen molar-refractivity contribution in [2.45, 2.75) is 69.6 Å². The van der Waals surface area contributed by atoms with E-state index < -0.39 is 11.0 Å². The topological polar surface area (TPSA) is 29.1 Å². The number of hydrogen-bond acceptors (Lipinski definition) is 1. The summed E-state index contributed by atoms with van der Waals surface area (Å²) in [6, 6.07) is 10.7. The summed E-state index contributed by atoms with van der Waals surface area (Å²) in [5, 5.41) is 0. The molecule has 1 aromatic rings. The van der Waals surface area contributed by atoms with Crippen LogP contribution in [0.4, 0.5) is 0 Å². The van der Waals surface area contributed by atoms with E-state index in [2.05, 4.69) is 35.1 Å². The first-order valence-corrected chi connectivity index (χ1v) is 9.30. The summed E-state index contributed by atoms with van der Waals surface area (Å²) in [7, 11) is -1.02. The van der Waals surface area contributed by atoms with E-state index in [9.17, 15) is 4.21 Å². The van der Waals surface area contributed by atoms with Crippen LogP contribution in [0, 0.1) is 5.41 Å². The van der Waals surface area contributed by atoms with Gasteiger partial charge in [-0.2, -0.15) is 0 Å². The molecule has 0 amide bonds. The molecule has 1 aromatic carbocycles. The number of benzene rings is 1. The van der Waals surface area contributed by atoms with Gasteiger partial charge in [0, 0.05) is 0 Å². The van der Waals surface area contributed by atoms with Crippen LogP contribution in [0.25, 0.3) is 0 Å². The number of nitrogens with one attached hydrogen (secondary N) is 1. The highest BCUT2D eigenvalue weighted by Crippen LogP contribution is 2.69. The third kappa shape index (κ3) is 2.59. The van der Waals surface area contributed by atoms with E-state index in [-0.39, 0.29) is 10.3 Å². The molecule has 0 bridgehead atoms. The number of rotatable bonds is 3. The van der Waals surface area contributed by atoms with Crippen LogP contribution in [0.15, 0.2) is 30.3 Å². The van der Waals surface area contributed by atoms with Gasteiger partial charge in [0.1, 0.15) is 0 Å². The van der Waals surface area contributed by atoms with Crippen LogP contribution >= 0.6 is 0 Å². The van der Waals surface area contributed by atoms with Crippen molar-refractivity contribution in [3.8, 4) is 0 Å². The van der Waals surface area contributed by atoms with E-state index >= 15 is 0 Å². The third-order valence-corrected chi connectivity index (χ3v) is 6.93. The maximum atomic E-state index is 12.7. The van der Waals surface area contributed by atoms with Crippen LogP contribution in [0.2, 0.25) is 0 Å². The van der Waals surface area contributed by atoms with E-state index in [4.69, 9.17) is 0 Å². The maximum Gasteiger partial charge on any atom is 0.0978 e. The standard InChI is InChI=1S/C18H27NOS/c1-16(2,3)21(20)19-18(15-10-6-4-7-11-15)14-17(18)12-8-5-9-13-17/h4,6-7,10-11,19H,5,8-9,12-14H2,1-3H3/t18-,21?/m0/s1. The largest absolute Gasteiger partial charge is 0.242 e. The predicted octanol–water partition coefficient (Wildman–Crippen LogP) is 4.29. The van der Waals surface area contributed by atoms with Crippen molar-refractivity contribution < 1.29 is 4.21 Å². The fourth-order valence-electron chi connectivity index (χ4n) is 3.94. The molecule has 1 unspecified atom stereocenters. The molecule has 21 heavy (non-hydrogen) atoms. The molecular weight excluding hydrogens is 278 g/mol. The van der Waals surface area contributed by atoms with Gasteiger partial charge in [0.25, 0.3) is 0 Å². The second-order valence-electron chi connectivity index (χ2n) is 7.77. The molecule has 2 fully saturated rings. The maximum absolute atomic E-state index is 12.7. The summed E-state index contributed by atoms with van der Waals surface area (Å²) in [6.07, 6.45) is 7.68. The Bertz CT molecular complexity index is 528. The van der Waals surface area contributed by atoms with Crippen molar-refractivity contribution in [1.29, 1.82) is 0 Å². The van der Waals surface area contributed by atoms with Gasteiger partial charge in [-0.1, -0.05) is 49.6 Å². The van der Waals surface area contributed by atoms with Gasteiger partial charge in [-0.05, 0) is 51.0 Å². The average Bonchev–Trinajstić information content (AvgIpc) is 3.07. The molecule has 0 heterocycles. The molecule has 1 spiro atoms. The summed E-state index contributed by atoms with van der Waals surface area (Å²) < 4.78 is 16.1. The zero-order chi connectivity index (χ0) is 15.1. The lowest BCUT2D eigenvalue weighted by molar-refractivity contribution is 0.282. The fraction of sp³-hybridized carbons (Fsp3) is 0.667. The Morgan fingerprint density at radius 3 is 2.24 bits per heavy atom. The van der Waals surface area contributed by atoms with Crippen LogP contribution in [-0.2, 0) is 16.5 Å². The van der Waals surface area contributed by atoms with Gasteiger partial charge in [0.05, 0.1) is 21.3 Å². The summed E-state index contributed by atoms with van der Waals surface area (Å²) in [5.74, 6) is 0.